The summed E-state index contributed by atoms with van der Waals surface area (Å²) in [4.78, 5) is 40.4. The first-order chi connectivity index (χ1) is 13.7. The van der Waals surface area contributed by atoms with Gasteiger partial charge >= 0.3 is 0 Å². The van der Waals surface area contributed by atoms with Crippen LogP contribution in [0.2, 0.25) is 0 Å². The smallest absolute Gasteiger partial charge is 0.269 e. The number of carbonyl (C=O) groups excluding carboxylic acids is 2. The molecule has 158 valence electrons. The summed E-state index contributed by atoms with van der Waals surface area (Å²) in [6.07, 6.45) is 0.545. The van der Waals surface area contributed by atoms with Gasteiger partial charge in [0.1, 0.15) is 0 Å². The van der Waals surface area contributed by atoms with Crippen molar-refractivity contribution < 1.29 is 22.9 Å². The predicted octanol–water partition coefficient (Wildman–Crippen LogP) is -0.00190. The van der Waals surface area contributed by atoms with Crippen LogP contribution >= 0.6 is 0 Å². The number of non-ortho nitro benzene ring substituents is 1. The second-order valence-electron chi connectivity index (χ2n) is 7.45. The average Bonchev–Trinajstić information content (AvgIpc) is 3.07. The first-order valence-corrected chi connectivity index (χ1v) is 11.2. The zero-order valence-electron chi connectivity index (χ0n) is 16.2. The average molecular weight is 424 g/mol. The molecule has 2 aliphatic heterocycles. The number of likely N-dealkylation sites (N-methyl/N-ethyl adjacent to an activating group) is 1. The Morgan fingerprint density at radius 3 is 2.24 bits per heavy atom. The van der Waals surface area contributed by atoms with Crippen LogP contribution in [0.5, 0.6) is 0 Å². The van der Waals surface area contributed by atoms with E-state index in [0.29, 0.717) is 38.2 Å². The molecule has 2 saturated heterocycles. The van der Waals surface area contributed by atoms with E-state index in [1.54, 1.807) is 21.7 Å². The number of benzene rings is 1. The van der Waals surface area contributed by atoms with Crippen LogP contribution in [-0.2, 0) is 14.6 Å². The van der Waals surface area contributed by atoms with E-state index in [-0.39, 0.29) is 41.6 Å². The first-order valence-electron chi connectivity index (χ1n) is 9.38. The van der Waals surface area contributed by atoms with E-state index in [1.807, 2.05) is 0 Å². The molecule has 0 saturated carbocycles. The number of piperazine rings is 1. The fraction of sp³-hybridized carbons (Fsp3) is 0.556. The van der Waals surface area contributed by atoms with Crippen molar-refractivity contribution in [1.82, 2.24) is 14.7 Å². The Labute approximate surface area is 169 Å². The summed E-state index contributed by atoms with van der Waals surface area (Å²) in [6.45, 7) is 1.70. The minimum Gasteiger partial charge on any atom is -0.338 e. The molecule has 10 nitrogen and oxygen atoms in total. The van der Waals surface area contributed by atoms with Crippen LogP contribution in [0, 0.1) is 10.1 Å². The summed E-state index contributed by atoms with van der Waals surface area (Å²) in [7, 11) is -1.24. The summed E-state index contributed by atoms with van der Waals surface area (Å²) >= 11 is 0. The number of amides is 2. The van der Waals surface area contributed by atoms with Gasteiger partial charge in [0, 0.05) is 49.9 Å². The van der Waals surface area contributed by atoms with E-state index in [2.05, 4.69) is 0 Å². The maximum Gasteiger partial charge on any atom is 0.269 e. The second kappa shape index (κ2) is 8.46. The van der Waals surface area contributed by atoms with Crippen LogP contribution in [0.25, 0.3) is 0 Å². The Morgan fingerprint density at radius 1 is 1.14 bits per heavy atom. The van der Waals surface area contributed by atoms with Gasteiger partial charge in [0.2, 0.25) is 5.91 Å². The van der Waals surface area contributed by atoms with Crippen molar-refractivity contribution in [1.29, 1.82) is 0 Å². The number of nitro benzene ring substituents is 1. The minimum absolute atomic E-state index is 0.0730. The number of sulfone groups is 1. The molecule has 2 heterocycles. The lowest BCUT2D eigenvalue weighted by Crippen LogP contribution is -2.53. The SMILES string of the molecule is CN(CC(=O)N1CCN(C(=O)c2ccc([N+](=O)[O-])cc2)CC1)C1CCS(=O)(=O)C1. The van der Waals surface area contributed by atoms with Crippen molar-refractivity contribution in [3.05, 3.63) is 39.9 Å². The third-order valence-corrected chi connectivity index (χ3v) is 7.21. The van der Waals surface area contributed by atoms with Crippen molar-refractivity contribution >= 4 is 27.3 Å². The van der Waals surface area contributed by atoms with E-state index in [4.69, 9.17) is 0 Å². The van der Waals surface area contributed by atoms with E-state index >= 15 is 0 Å². The summed E-state index contributed by atoms with van der Waals surface area (Å²) in [6, 6.07) is 5.33. The lowest BCUT2D eigenvalue weighted by Gasteiger charge is -2.36. The van der Waals surface area contributed by atoms with Crippen molar-refractivity contribution in [3.63, 3.8) is 0 Å². The molecule has 3 rings (SSSR count). The molecule has 0 spiro atoms. The fourth-order valence-electron chi connectivity index (χ4n) is 3.63. The third kappa shape index (κ3) is 5.10. The number of nitrogens with zero attached hydrogens (tertiary/aromatic N) is 4. The number of hydrogen-bond donors (Lipinski definition) is 0. The highest BCUT2D eigenvalue weighted by molar-refractivity contribution is 7.91. The van der Waals surface area contributed by atoms with Crippen LogP contribution in [0.1, 0.15) is 16.8 Å². The highest BCUT2D eigenvalue weighted by atomic mass is 32.2. The van der Waals surface area contributed by atoms with Gasteiger partial charge in [-0.2, -0.15) is 0 Å². The molecule has 0 N–H and O–H groups in total. The highest BCUT2D eigenvalue weighted by Gasteiger charge is 2.32. The van der Waals surface area contributed by atoms with Crippen LogP contribution in [0.4, 0.5) is 5.69 Å². The highest BCUT2D eigenvalue weighted by Crippen LogP contribution is 2.17. The predicted molar refractivity (Wildman–Crippen MR) is 105 cm³/mol. The molecular formula is C18H24N4O6S. The molecule has 1 aromatic carbocycles. The number of nitro groups is 1. The normalized spacial score (nSPS) is 21.4. The molecule has 0 aromatic heterocycles. The quantitative estimate of drug-likeness (QED) is 0.482. The van der Waals surface area contributed by atoms with Gasteiger partial charge in [0.15, 0.2) is 9.84 Å². The Bertz CT molecular complexity index is 893. The molecule has 0 bridgehead atoms. The Balaban J connectivity index is 1.50. The molecule has 2 amide bonds. The van der Waals surface area contributed by atoms with Crippen molar-refractivity contribution in [2.75, 3.05) is 51.3 Å². The third-order valence-electron chi connectivity index (χ3n) is 5.46. The van der Waals surface area contributed by atoms with Crippen LogP contribution in [0.15, 0.2) is 24.3 Å². The molecule has 2 fully saturated rings. The van der Waals surface area contributed by atoms with Gasteiger partial charge in [0.05, 0.1) is 23.0 Å². The summed E-state index contributed by atoms with van der Waals surface area (Å²) in [5.74, 6) is -0.0481. The maximum atomic E-state index is 12.6. The Hall–Kier alpha value is -2.53. The zero-order valence-corrected chi connectivity index (χ0v) is 17.0. The second-order valence-corrected chi connectivity index (χ2v) is 9.68. The van der Waals surface area contributed by atoms with E-state index < -0.39 is 14.8 Å². The molecule has 0 radical (unpaired) electrons. The van der Waals surface area contributed by atoms with Gasteiger partial charge in [-0.3, -0.25) is 24.6 Å². The molecule has 29 heavy (non-hydrogen) atoms. The standard InChI is InChI=1S/C18H24N4O6S/c1-19(16-6-11-29(27,28)13-16)12-17(23)20-7-9-21(10-8-20)18(24)14-2-4-15(5-3-14)22(25)26/h2-5,16H,6-13H2,1H3. The topological polar surface area (TPSA) is 121 Å². The van der Waals surface area contributed by atoms with Gasteiger partial charge in [0.25, 0.3) is 11.6 Å². The molecule has 11 heteroatoms. The van der Waals surface area contributed by atoms with Gasteiger partial charge in [-0.25, -0.2) is 8.42 Å². The van der Waals surface area contributed by atoms with Crippen molar-refractivity contribution in [2.45, 2.75) is 12.5 Å². The first kappa shape index (κ1) is 21.2. The van der Waals surface area contributed by atoms with Gasteiger partial charge in [-0.05, 0) is 25.6 Å². The largest absolute Gasteiger partial charge is 0.338 e. The maximum absolute atomic E-state index is 12.6. The van der Waals surface area contributed by atoms with E-state index in [9.17, 15) is 28.1 Å². The lowest BCUT2D eigenvalue weighted by atomic mass is 10.1. The minimum atomic E-state index is -3.00. The van der Waals surface area contributed by atoms with Crippen LogP contribution in [0.3, 0.4) is 0 Å². The molecule has 2 aliphatic rings. The van der Waals surface area contributed by atoms with Crippen LogP contribution < -0.4 is 0 Å². The summed E-state index contributed by atoms with van der Waals surface area (Å²) < 4.78 is 23.2. The molecule has 1 aromatic rings. The zero-order chi connectivity index (χ0) is 21.2. The number of hydrogen-bond acceptors (Lipinski definition) is 7. The summed E-state index contributed by atoms with van der Waals surface area (Å²) in [5, 5.41) is 10.7. The number of rotatable bonds is 5. The molecule has 1 unspecified atom stereocenters. The van der Waals surface area contributed by atoms with E-state index in [1.165, 1.54) is 24.3 Å². The van der Waals surface area contributed by atoms with Gasteiger partial charge in [-0.1, -0.05) is 0 Å². The fourth-order valence-corrected chi connectivity index (χ4v) is 5.44. The Kier molecular flexibility index (Phi) is 6.18. The summed E-state index contributed by atoms with van der Waals surface area (Å²) in [5.41, 5.74) is 0.300. The number of carbonyl (C=O) groups is 2. The van der Waals surface area contributed by atoms with Gasteiger partial charge in [-0.15, -0.1) is 0 Å². The molecule has 1 atom stereocenters. The van der Waals surface area contributed by atoms with Crippen molar-refractivity contribution in [3.8, 4) is 0 Å². The lowest BCUT2D eigenvalue weighted by molar-refractivity contribution is -0.384. The molecular weight excluding hydrogens is 400 g/mol. The monoisotopic (exact) mass is 424 g/mol. The van der Waals surface area contributed by atoms with Crippen LogP contribution in [-0.4, -0.2) is 97.2 Å². The molecule has 0 aliphatic carbocycles. The van der Waals surface area contributed by atoms with Gasteiger partial charge < -0.3 is 9.80 Å². The Morgan fingerprint density at radius 2 is 1.72 bits per heavy atom. The van der Waals surface area contributed by atoms with E-state index in [0.717, 1.165) is 0 Å². The van der Waals surface area contributed by atoms with Crippen molar-refractivity contribution in [2.24, 2.45) is 0 Å².